The van der Waals surface area contributed by atoms with Gasteiger partial charge in [-0.2, -0.15) is 0 Å². The molecule has 0 amide bonds. The van der Waals surface area contributed by atoms with Crippen molar-refractivity contribution in [2.75, 3.05) is 0 Å². The fourth-order valence-corrected chi connectivity index (χ4v) is 3.34. The normalized spacial score (nSPS) is 11.3. The fraction of sp³-hybridized carbons (Fsp3) is 0.107. The molecular formula is C28H22ClNO7. The number of nitrogens with zero attached hydrogens (tertiary/aromatic N) is 1. The van der Waals surface area contributed by atoms with E-state index in [4.69, 9.17) is 30.5 Å². The van der Waals surface area contributed by atoms with E-state index in [0.717, 1.165) is 0 Å². The Balaban J connectivity index is 1.31. The molecule has 37 heavy (non-hydrogen) atoms. The van der Waals surface area contributed by atoms with E-state index in [2.05, 4.69) is 0 Å². The van der Waals surface area contributed by atoms with Crippen LogP contribution in [0.2, 0.25) is 5.02 Å². The molecule has 8 nitrogen and oxygen atoms in total. The smallest absolute Gasteiger partial charge is 0.352 e. The molecular weight excluding hydrogens is 498 g/mol. The van der Waals surface area contributed by atoms with Crippen molar-refractivity contribution in [2.45, 2.75) is 19.4 Å². The van der Waals surface area contributed by atoms with Crippen molar-refractivity contribution in [2.24, 2.45) is 0 Å². The van der Waals surface area contributed by atoms with Gasteiger partial charge in [-0.1, -0.05) is 18.5 Å². The summed E-state index contributed by atoms with van der Waals surface area (Å²) in [5.41, 5.74) is -0.0236. The number of rotatable bonds is 10. The van der Waals surface area contributed by atoms with E-state index in [9.17, 15) is 14.9 Å². The second kappa shape index (κ2) is 11.9. The molecule has 188 valence electrons. The van der Waals surface area contributed by atoms with Gasteiger partial charge in [0.2, 0.25) is 0 Å². The Kier molecular flexibility index (Phi) is 8.22. The Morgan fingerprint density at radius 1 is 0.730 bits per heavy atom. The Morgan fingerprint density at radius 2 is 1.14 bits per heavy atom. The molecule has 0 N–H and O–H groups in total. The van der Waals surface area contributed by atoms with Gasteiger partial charge in [-0.05, 0) is 91.3 Å². The minimum atomic E-state index is -0.806. The maximum Gasteiger partial charge on any atom is 0.352 e. The van der Waals surface area contributed by atoms with Gasteiger partial charge in [-0.15, -0.1) is 0 Å². The van der Waals surface area contributed by atoms with Gasteiger partial charge in [-0.3, -0.25) is 10.1 Å². The molecule has 4 rings (SSSR count). The van der Waals surface area contributed by atoms with Crippen LogP contribution in [0.15, 0.2) is 97.1 Å². The van der Waals surface area contributed by atoms with Crippen LogP contribution in [0.25, 0.3) is 0 Å². The summed E-state index contributed by atoms with van der Waals surface area (Å²) in [4.78, 5) is 23.0. The summed E-state index contributed by atoms with van der Waals surface area (Å²) >= 11 is 5.89. The number of nitro benzene ring substituents is 1. The van der Waals surface area contributed by atoms with Crippen LogP contribution in [-0.2, 0) is 4.79 Å². The van der Waals surface area contributed by atoms with Crippen LogP contribution < -0.4 is 18.9 Å². The predicted molar refractivity (Wildman–Crippen MR) is 138 cm³/mol. The molecule has 0 fully saturated rings. The number of esters is 1. The molecule has 0 bridgehead atoms. The lowest BCUT2D eigenvalue weighted by Gasteiger charge is -2.17. The lowest BCUT2D eigenvalue weighted by Crippen LogP contribution is -2.30. The molecule has 0 heterocycles. The number of halogens is 1. The van der Waals surface area contributed by atoms with Crippen molar-refractivity contribution < 1.29 is 28.7 Å². The quantitative estimate of drug-likeness (QED) is 0.0920. The second-order valence-corrected chi connectivity index (χ2v) is 8.22. The Morgan fingerprint density at radius 3 is 1.59 bits per heavy atom. The molecule has 0 aliphatic heterocycles. The van der Waals surface area contributed by atoms with Gasteiger partial charge < -0.3 is 18.9 Å². The Labute approximate surface area is 218 Å². The third kappa shape index (κ3) is 7.22. The van der Waals surface area contributed by atoms with Crippen LogP contribution in [0, 0.1) is 10.1 Å². The van der Waals surface area contributed by atoms with Gasteiger partial charge >= 0.3 is 5.97 Å². The number of ether oxygens (including phenoxy) is 4. The average Bonchev–Trinajstić information content (AvgIpc) is 2.91. The zero-order valence-corrected chi connectivity index (χ0v) is 20.5. The number of nitro groups is 1. The largest absolute Gasteiger partial charge is 0.479 e. The van der Waals surface area contributed by atoms with E-state index < -0.39 is 17.0 Å². The number of carbonyl (C=O) groups excluding carboxylic acids is 1. The number of hydrogen-bond donors (Lipinski definition) is 0. The average molecular weight is 520 g/mol. The van der Waals surface area contributed by atoms with Gasteiger partial charge in [0.25, 0.3) is 5.69 Å². The Bertz CT molecular complexity index is 1340. The summed E-state index contributed by atoms with van der Waals surface area (Å²) in [5.74, 6) is 2.48. The van der Waals surface area contributed by atoms with Crippen LogP contribution in [0.1, 0.15) is 13.3 Å². The highest BCUT2D eigenvalue weighted by molar-refractivity contribution is 6.30. The van der Waals surface area contributed by atoms with E-state index >= 15 is 0 Å². The lowest BCUT2D eigenvalue weighted by molar-refractivity contribution is -0.384. The third-order valence-electron chi connectivity index (χ3n) is 5.11. The molecule has 9 heteroatoms. The first-order valence-electron chi connectivity index (χ1n) is 11.3. The van der Waals surface area contributed by atoms with E-state index in [1.54, 1.807) is 72.8 Å². The number of hydrogen-bond acceptors (Lipinski definition) is 7. The zero-order valence-electron chi connectivity index (χ0n) is 19.7. The number of benzene rings is 4. The zero-order chi connectivity index (χ0) is 26.2. The molecule has 0 aliphatic carbocycles. The van der Waals surface area contributed by atoms with Crippen LogP contribution >= 0.6 is 11.6 Å². The van der Waals surface area contributed by atoms with Crippen LogP contribution in [0.3, 0.4) is 0 Å². The minimum absolute atomic E-state index is 0.0236. The molecule has 0 spiro atoms. The van der Waals surface area contributed by atoms with Crippen molar-refractivity contribution in [1.82, 2.24) is 0 Å². The first-order chi connectivity index (χ1) is 17.9. The molecule has 0 aromatic heterocycles. The summed E-state index contributed by atoms with van der Waals surface area (Å²) in [6.45, 7) is 1.82. The summed E-state index contributed by atoms with van der Waals surface area (Å²) in [6.07, 6.45) is -0.400. The fourth-order valence-electron chi connectivity index (χ4n) is 3.22. The number of carbonyl (C=O) groups is 1. The SMILES string of the molecule is CCC(Oc1ccc(Oc2ccc(Cl)cc2)cc1)C(=O)Oc1ccc(Oc2ccc([N+](=O)[O-])cc2)cc1. The van der Waals surface area contributed by atoms with Crippen molar-refractivity contribution in [1.29, 1.82) is 0 Å². The highest BCUT2D eigenvalue weighted by atomic mass is 35.5. The molecule has 4 aromatic rings. The molecule has 0 aliphatic rings. The third-order valence-corrected chi connectivity index (χ3v) is 5.36. The Hall–Kier alpha value is -4.56. The molecule has 0 saturated heterocycles. The standard InChI is InChI=1S/C28H22ClNO7/c1-2-27(36-25-15-11-23(12-16-25)34-21-7-3-19(29)4-8-21)28(31)37-26-17-13-24(14-18-26)35-22-9-5-20(6-10-22)30(32)33/h3-18,27H,2H2,1H3. The highest BCUT2D eigenvalue weighted by Crippen LogP contribution is 2.27. The van der Waals surface area contributed by atoms with Gasteiger partial charge in [0.1, 0.15) is 34.5 Å². The van der Waals surface area contributed by atoms with Crippen molar-refractivity contribution >= 4 is 23.3 Å². The molecule has 1 unspecified atom stereocenters. The van der Waals surface area contributed by atoms with Gasteiger partial charge in [0.15, 0.2) is 6.10 Å². The topological polar surface area (TPSA) is 97.1 Å². The summed E-state index contributed by atoms with van der Waals surface area (Å²) in [7, 11) is 0. The number of non-ortho nitro benzene ring substituents is 1. The van der Waals surface area contributed by atoms with Crippen molar-refractivity contribution in [3.63, 3.8) is 0 Å². The van der Waals surface area contributed by atoms with Gasteiger partial charge in [-0.25, -0.2) is 4.79 Å². The van der Waals surface area contributed by atoms with Crippen molar-refractivity contribution in [3.8, 4) is 34.5 Å². The summed E-state index contributed by atoms with van der Waals surface area (Å²) < 4.78 is 22.7. The maximum atomic E-state index is 12.7. The lowest BCUT2D eigenvalue weighted by atomic mass is 10.2. The van der Waals surface area contributed by atoms with E-state index in [1.165, 1.54) is 24.3 Å². The van der Waals surface area contributed by atoms with Crippen LogP contribution in [0.4, 0.5) is 5.69 Å². The van der Waals surface area contributed by atoms with Crippen LogP contribution in [0.5, 0.6) is 34.5 Å². The van der Waals surface area contributed by atoms with E-state index in [1.807, 2.05) is 6.92 Å². The van der Waals surface area contributed by atoms with Crippen LogP contribution in [-0.4, -0.2) is 17.0 Å². The molecule has 1 atom stereocenters. The van der Waals surface area contributed by atoms with E-state index in [-0.39, 0.29) is 5.69 Å². The predicted octanol–water partition coefficient (Wildman–Crippen LogP) is 7.60. The summed E-state index contributed by atoms with van der Waals surface area (Å²) in [5, 5.41) is 11.4. The van der Waals surface area contributed by atoms with Gasteiger partial charge in [0, 0.05) is 17.2 Å². The molecule has 0 radical (unpaired) electrons. The molecule has 4 aromatic carbocycles. The highest BCUT2D eigenvalue weighted by Gasteiger charge is 2.21. The minimum Gasteiger partial charge on any atom is -0.479 e. The molecule has 0 saturated carbocycles. The summed E-state index contributed by atoms with van der Waals surface area (Å²) in [6, 6.07) is 26.1. The van der Waals surface area contributed by atoms with Crippen molar-refractivity contribution in [3.05, 3.63) is 112 Å². The maximum absolute atomic E-state index is 12.7. The monoisotopic (exact) mass is 519 g/mol. The van der Waals surface area contributed by atoms with E-state index in [0.29, 0.717) is 45.9 Å². The first kappa shape index (κ1) is 25.5. The first-order valence-corrected chi connectivity index (χ1v) is 11.7. The van der Waals surface area contributed by atoms with Gasteiger partial charge in [0.05, 0.1) is 4.92 Å². The second-order valence-electron chi connectivity index (χ2n) is 7.79.